The quantitative estimate of drug-likeness (QED) is 0.283. The Labute approximate surface area is 225 Å². The fraction of sp³-hybridized carbons (Fsp3) is 0.300. The van der Waals surface area contributed by atoms with Gasteiger partial charge in [0.25, 0.3) is 0 Å². The molecule has 0 bridgehead atoms. The number of amides is 2. The molecule has 2 N–H and O–H groups in total. The van der Waals surface area contributed by atoms with Crippen LogP contribution in [-0.4, -0.2) is 35.9 Å². The highest BCUT2D eigenvalue weighted by atomic mass is 32.1. The Morgan fingerprint density at radius 1 is 1.05 bits per heavy atom. The molecule has 0 spiro atoms. The lowest BCUT2D eigenvalue weighted by atomic mass is 9.95. The summed E-state index contributed by atoms with van der Waals surface area (Å²) >= 11 is 1.43. The van der Waals surface area contributed by atoms with E-state index in [1.54, 1.807) is 24.3 Å². The van der Waals surface area contributed by atoms with E-state index in [0.29, 0.717) is 11.3 Å². The van der Waals surface area contributed by atoms with Crippen molar-refractivity contribution in [2.24, 2.45) is 0 Å². The SMILES string of the molecule is COC(=O)c1cccc(N(C(=O)Cc2c[nH]c3ccccc23)[C@H](C(=O)NC2CCCCC2)c2cccs2)c1. The van der Waals surface area contributed by atoms with Gasteiger partial charge in [0.05, 0.1) is 19.1 Å². The minimum Gasteiger partial charge on any atom is -0.465 e. The van der Waals surface area contributed by atoms with Crippen molar-refractivity contribution in [1.82, 2.24) is 10.3 Å². The maximum Gasteiger partial charge on any atom is 0.337 e. The summed E-state index contributed by atoms with van der Waals surface area (Å²) in [5.41, 5.74) is 2.57. The number of aromatic nitrogens is 1. The number of aromatic amines is 1. The molecule has 0 saturated heterocycles. The van der Waals surface area contributed by atoms with Gasteiger partial charge in [0.1, 0.15) is 6.04 Å². The van der Waals surface area contributed by atoms with E-state index in [0.717, 1.165) is 47.0 Å². The van der Waals surface area contributed by atoms with E-state index >= 15 is 0 Å². The molecule has 0 aliphatic heterocycles. The summed E-state index contributed by atoms with van der Waals surface area (Å²) in [7, 11) is 1.32. The van der Waals surface area contributed by atoms with Crippen LogP contribution in [0.15, 0.2) is 72.2 Å². The van der Waals surface area contributed by atoms with Crippen LogP contribution < -0.4 is 10.2 Å². The number of hydrogen-bond acceptors (Lipinski definition) is 5. The zero-order valence-electron chi connectivity index (χ0n) is 21.3. The second kappa shape index (κ2) is 11.6. The molecular weight excluding hydrogens is 498 g/mol. The highest BCUT2D eigenvalue weighted by molar-refractivity contribution is 7.10. The third kappa shape index (κ3) is 5.50. The van der Waals surface area contributed by atoms with E-state index in [1.807, 2.05) is 48.0 Å². The van der Waals surface area contributed by atoms with Crippen LogP contribution in [0.25, 0.3) is 10.9 Å². The molecule has 196 valence electrons. The summed E-state index contributed by atoms with van der Waals surface area (Å²) in [6, 6.07) is 17.5. The number of methoxy groups -OCH3 is 1. The second-order valence-corrected chi connectivity index (χ2v) is 10.6. The molecule has 0 unspecified atom stereocenters. The lowest BCUT2D eigenvalue weighted by Gasteiger charge is -2.33. The number of para-hydroxylation sites is 1. The normalized spacial score (nSPS) is 14.7. The number of anilines is 1. The Morgan fingerprint density at radius 2 is 1.87 bits per heavy atom. The second-order valence-electron chi connectivity index (χ2n) is 9.60. The average molecular weight is 530 g/mol. The molecule has 7 nitrogen and oxygen atoms in total. The zero-order valence-corrected chi connectivity index (χ0v) is 22.1. The standard InChI is InChI=1S/C30H31N3O4S/c1-37-30(36)20-9-7-12-23(17-20)33(27(34)18-21-19-31-25-14-6-5-13-24(21)25)28(26-15-8-16-38-26)29(35)32-22-10-3-2-4-11-22/h5-9,12-17,19,22,28,31H,2-4,10-11,18H2,1H3,(H,32,35)/t28-/m0/s1. The number of esters is 1. The molecule has 2 amide bonds. The van der Waals surface area contributed by atoms with Gasteiger partial charge in [0.15, 0.2) is 0 Å². The number of rotatable bonds is 8. The molecule has 1 aliphatic rings. The number of benzene rings is 2. The number of nitrogens with zero attached hydrogens (tertiary/aromatic N) is 1. The van der Waals surface area contributed by atoms with Crippen molar-refractivity contribution in [3.63, 3.8) is 0 Å². The van der Waals surface area contributed by atoms with Crippen LogP contribution in [0, 0.1) is 0 Å². The number of H-pyrrole nitrogens is 1. The predicted octanol–water partition coefficient (Wildman–Crippen LogP) is 5.78. The Bertz CT molecular complexity index is 1420. The number of carbonyl (C=O) groups is 3. The van der Waals surface area contributed by atoms with Gasteiger partial charge in [-0.15, -0.1) is 11.3 Å². The minimum atomic E-state index is -0.873. The lowest BCUT2D eigenvalue weighted by Crippen LogP contribution is -2.47. The van der Waals surface area contributed by atoms with Crippen molar-refractivity contribution in [2.75, 3.05) is 12.0 Å². The van der Waals surface area contributed by atoms with Crippen molar-refractivity contribution in [3.8, 4) is 0 Å². The van der Waals surface area contributed by atoms with Crippen molar-refractivity contribution in [3.05, 3.63) is 88.2 Å². The van der Waals surface area contributed by atoms with Crippen LogP contribution in [-0.2, 0) is 20.7 Å². The molecule has 0 radical (unpaired) electrons. The minimum absolute atomic E-state index is 0.0883. The van der Waals surface area contributed by atoms with Crippen LogP contribution in [0.2, 0.25) is 0 Å². The highest BCUT2D eigenvalue weighted by Crippen LogP contribution is 2.33. The number of hydrogen-bond donors (Lipinski definition) is 2. The number of ether oxygens (including phenoxy) is 1. The molecular formula is C30H31N3O4S. The molecule has 2 aromatic heterocycles. The molecule has 1 saturated carbocycles. The summed E-state index contributed by atoms with van der Waals surface area (Å²) in [4.78, 5) is 46.0. The Hall–Kier alpha value is -3.91. The van der Waals surface area contributed by atoms with E-state index in [1.165, 1.54) is 29.8 Å². The van der Waals surface area contributed by atoms with E-state index in [4.69, 9.17) is 4.74 Å². The third-order valence-corrected chi connectivity index (χ3v) is 8.03. The van der Waals surface area contributed by atoms with E-state index in [2.05, 4.69) is 10.3 Å². The average Bonchev–Trinajstić information content (AvgIpc) is 3.62. The largest absolute Gasteiger partial charge is 0.465 e. The topological polar surface area (TPSA) is 91.5 Å². The van der Waals surface area contributed by atoms with Crippen molar-refractivity contribution >= 4 is 45.7 Å². The zero-order chi connectivity index (χ0) is 26.5. The predicted molar refractivity (Wildman–Crippen MR) is 149 cm³/mol. The molecule has 1 aliphatic carbocycles. The van der Waals surface area contributed by atoms with Crippen molar-refractivity contribution < 1.29 is 19.1 Å². The fourth-order valence-corrected chi connectivity index (χ4v) is 6.02. The summed E-state index contributed by atoms with van der Waals surface area (Å²) in [5, 5.41) is 6.09. The molecule has 1 fully saturated rings. The summed E-state index contributed by atoms with van der Waals surface area (Å²) in [6.45, 7) is 0. The summed E-state index contributed by atoms with van der Waals surface area (Å²) < 4.78 is 4.92. The van der Waals surface area contributed by atoms with Gasteiger partial charge >= 0.3 is 5.97 Å². The van der Waals surface area contributed by atoms with E-state index < -0.39 is 12.0 Å². The van der Waals surface area contributed by atoms with Crippen LogP contribution >= 0.6 is 11.3 Å². The molecule has 5 rings (SSSR count). The van der Waals surface area contributed by atoms with Crippen molar-refractivity contribution in [2.45, 2.75) is 50.6 Å². The highest BCUT2D eigenvalue weighted by Gasteiger charge is 2.35. The first kappa shape index (κ1) is 25.7. The Balaban J connectivity index is 1.56. The first-order valence-corrected chi connectivity index (χ1v) is 13.8. The van der Waals surface area contributed by atoms with Gasteiger partial charge in [-0.2, -0.15) is 0 Å². The van der Waals surface area contributed by atoms with Crippen LogP contribution in [0.1, 0.15) is 58.9 Å². The maximum absolute atomic E-state index is 14.2. The van der Waals surface area contributed by atoms with Crippen LogP contribution in [0.3, 0.4) is 0 Å². The Morgan fingerprint density at radius 3 is 2.63 bits per heavy atom. The molecule has 4 aromatic rings. The molecule has 8 heteroatoms. The number of fused-ring (bicyclic) bond motifs is 1. The summed E-state index contributed by atoms with van der Waals surface area (Å²) in [5.74, 6) is -0.959. The van der Waals surface area contributed by atoms with E-state index in [-0.39, 0.29) is 24.3 Å². The van der Waals surface area contributed by atoms with Gasteiger partial charge in [-0.3, -0.25) is 14.5 Å². The smallest absolute Gasteiger partial charge is 0.337 e. The number of carbonyl (C=O) groups excluding carboxylic acids is 3. The van der Waals surface area contributed by atoms with Crippen molar-refractivity contribution in [1.29, 1.82) is 0 Å². The number of thiophene rings is 1. The lowest BCUT2D eigenvalue weighted by molar-refractivity contribution is -0.127. The maximum atomic E-state index is 14.2. The van der Waals surface area contributed by atoms with Crippen LogP contribution in [0.4, 0.5) is 5.69 Å². The monoisotopic (exact) mass is 529 g/mol. The molecule has 38 heavy (non-hydrogen) atoms. The van der Waals surface area contributed by atoms with Gasteiger partial charge in [-0.25, -0.2) is 4.79 Å². The fourth-order valence-electron chi connectivity index (χ4n) is 5.21. The number of nitrogens with one attached hydrogen (secondary N) is 2. The first-order chi connectivity index (χ1) is 18.5. The van der Waals surface area contributed by atoms with Crippen LogP contribution in [0.5, 0.6) is 0 Å². The Kier molecular flexibility index (Phi) is 7.89. The van der Waals surface area contributed by atoms with Gasteiger partial charge in [0, 0.05) is 33.7 Å². The van der Waals surface area contributed by atoms with E-state index in [9.17, 15) is 14.4 Å². The van der Waals surface area contributed by atoms with Gasteiger partial charge in [0.2, 0.25) is 11.8 Å². The van der Waals surface area contributed by atoms with Gasteiger partial charge in [-0.1, -0.05) is 49.6 Å². The molecule has 2 aromatic carbocycles. The molecule has 1 atom stereocenters. The van der Waals surface area contributed by atoms with Gasteiger partial charge in [-0.05, 0) is 54.1 Å². The molecule has 2 heterocycles. The third-order valence-electron chi connectivity index (χ3n) is 7.10. The first-order valence-electron chi connectivity index (χ1n) is 12.9. The van der Waals surface area contributed by atoms with Gasteiger partial charge < -0.3 is 15.0 Å². The summed E-state index contributed by atoms with van der Waals surface area (Å²) in [6.07, 6.45) is 7.14.